The molecule has 5 atom stereocenters. The molecule has 0 spiro atoms. The maximum absolute atomic E-state index is 6.52. The molecule has 1 aliphatic rings. The molecule has 1 aliphatic heterocycles. The quantitative estimate of drug-likeness (QED) is 0.930. The number of ether oxygens (including phenoxy) is 1. The van der Waals surface area contributed by atoms with E-state index in [1.807, 2.05) is 0 Å². The minimum atomic E-state index is 0.154. The van der Waals surface area contributed by atoms with Gasteiger partial charge in [-0.3, -0.25) is 0 Å². The minimum absolute atomic E-state index is 0.154. The highest BCUT2D eigenvalue weighted by molar-refractivity contribution is 5.82. The average molecular weight is 283 g/mol. The van der Waals surface area contributed by atoms with Gasteiger partial charge in [0.25, 0.3) is 0 Å². The van der Waals surface area contributed by atoms with Crippen molar-refractivity contribution in [1.29, 1.82) is 0 Å². The molecule has 0 radical (unpaired) electrons. The van der Waals surface area contributed by atoms with Crippen LogP contribution in [0.5, 0.6) is 0 Å². The van der Waals surface area contributed by atoms with Crippen molar-refractivity contribution in [3.63, 3.8) is 0 Å². The van der Waals surface area contributed by atoms with Crippen LogP contribution in [0.15, 0.2) is 42.5 Å². The summed E-state index contributed by atoms with van der Waals surface area (Å²) in [5.41, 5.74) is 7.84. The van der Waals surface area contributed by atoms with Crippen LogP contribution >= 0.6 is 0 Å². The minimum Gasteiger partial charge on any atom is -0.375 e. The first kappa shape index (κ1) is 14.6. The molecule has 2 nitrogen and oxygen atoms in total. The van der Waals surface area contributed by atoms with E-state index in [9.17, 15) is 0 Å². The predicted molar refractivity (Wildman–Crippen MR) is 88.3 cm³/mol. The molecule has 0 aromatic heterocycles. The number of hydrogen-bond donors (Lipinski definition) is 1. The van der Waals surface area contributed by atoms with Gasteiger partial charge in [0.1, 0.15) is 0 Å². The van der Waals surface area contributed by atoms with E-state index in [4.69, 9.17) is 10.5 Å². The number of hydrogen-bond acceptors (Lipinski definition) is 2. The molecule has 21 heavy (non-hydrogen) atoms. The lowest BCUT2D eigenvalue weighted by atomic mass is 9.81. The Morgan fingerprint density at radius 2 is 1.71 bits per heavy atom. The topological polar surface area (TPSA) is 35.2 Å². The smallest absolute Gasteiger partial charge is 0.0597 e. The fourth-order valence-electron chi connectivity index (χ4n) is 3.81. The van der Waals surface area contributed by atoms with E-state index < -0.39 is 0 Å². The predicted octanol–water partition coefficient (Wildman–Crippen LogP) is 3.77. The molecule has 2 aromatic rings. The number of nitrogens with two attached hydrogens (primary N) is 1. The maximum atomic E-state index is 6.52. The first-order valence-corrected chi connectivity index (χ1v) is 7.95. The first-order chi connectivity index (χ1) is 10.1. The molecule has 0 bridgehead atoms. The van der Waals surface area contributed by atoms with E-state index in [2.05, 4.69) is 63.2 Å². The van der Waals surface area contributed by atoms with Gasteiger partial charge in [-0.2, -0.15) is 0 Å². The lowest BCUT2D eigenvalue weighted by Gasteiger charge is -2.25. The van der Waals surface area contributed by atoms with Crippen LogP contribution in [0, 0.1) is 11.8 Å². The Morgan fingerprint density at radius 3 is 2.38 bits per heavy atom. The second-order valence-electron chi connectivity index (χ2n) is 6.53. The van der Waals surface area contributed by atoms with Gasteiger partial charge < -0.3 is 10.5 Å². The van der Waals surface area contributed by atoms with Gasteiger partial charge in [-0.1, -0.05) is 49.4 Å². The van der Waals surface area contributed by atoms with Crippen LogP contribution in [-0.2, 0) is 11.2 Å². The molecule has 2 aromatic carbocycles. The van der Waals surface area contributed by atoms with Gasteiger partial charge in [0, 0.05) is 12.0 Å². The van der Waals surface area contributed by atoms with E-state index in [0.717, 1.165) is 6.42 Å². The fraction of sp³-hybridized carbons (Fsp3) is 0.474. The zero-order chi connectivity index (χ0) is 15.0. The third kappa shape index (κ3) is 2.83. The van der Waals surface area contributed by atoms with Gasteiger partial charge in [-0.25, -0.2) is 0 Å². The summed E-state index contributed by atoms with van der Waals surface area (Å²) in [6.07, 6.45) is 1.48. The van der Waals surface area contributed by atoms with Crippen molar-refractivity contribution in [3.8, 4) is 0 Å². The average Bonchev–Trinajstić information content (AvgIpc) is 2.72. The number of rotatable bonds is 3. The zero-order valence-electron chi connectivity index (χ0n) is 13.1. The van der Waals surface area contributed by atoms with Crippen LogP contribution in [0.4, 0.5) is 0 Å². The Labute approximate surface area is 127 Å². The van der Waals surface area contributed by atoms with Crippen molar-refractivity contribution >= 4 is 10.8 Å². The molecule has 1 heterocycles. The van der Waals surface area contributed by atoms with Crippen molar-refractivity contribution in [1.82, 2.24) is 0 Å². The lowest BCUT2D eigenvalue weighted by Crippen LogP contribution is -2.39. The molecule has 0 aliphatic carbocycles. The third-order valence-electron chi connectivity index (χ3n) is 5.10. The van der Waals surface area contributed by atoms with Gasteiger partial charge in [0.05, 0.1) is 12.2 Å². The molecule has 1 saturated heterocycles. The summed E-state index contributed by atoms with van der Waals surface area (Å²) < 4.78 is 5.94. The van der Waals surface area contributed by atoms with Crippen molar-refractivity contribution < 1.29 is 4.74 Å². The molecule has 5 unspecified atom stereocenters. The summed E-state index contributed by atoms with van der Waals surface area (Å²) in [6.45, 7) is 6.58. The largest absolute Gasteiger partial charge is 0.375 e. The van der Waals surface area contributed by atoms with Crippen LogP contribution < -0.4 is 5.73 Å². The van der Waals surface area contributed by atoms with E-state index >= 15 is 0 Å². The molecule has 0 amide bonds. The Kier molecular flexibility index (Phi) is 4.01. The fourth-order valence-corrected chi connectivity index (χ4v) is 3.81. The Morgan fingerprint density at radius 1 is 1.00 bits per heavy atom. The van der Waals surface area contributed by atoms with Gasteiger partial charge in [0.2, 0.25) is 0 Å². The van der Waals surface area contributed by atoms with Crippen LogP contribution in [0.2, 0.25) is 0 Å². The van der Waals surface area contributed by atoms with Crippen molar-refractivity contribution in [2.75, 3.05) is 0 Å². The number of fused-ring (bicyclic) bond motifs is 1. The summed E-state index contributed by atoms with van der Waals surface area (Å²) in [7, 11) is 0. The Balaban J connectivity index is 1.78. The molecule has 1 fully saturated rings. The summed E-state index contributed by atoms with van der Waals surface area (Å²) in [5.74, 6) is 0.960. The zero-order valence-corrected chi connectivity index (χ0v) is 13.1. The highest BCUT2D eigenvalue weighted by Gasteiger charge is 2.40. The Bertz CT molecular complexity index is 624. The summed E-state index contributed by atoms with van der Waals surface area (Å²) in [6, 6.07) is 15.3. The monoisotopic (exact) mass is 283 g/mol. The van der Waals surface area contributed by atoms with E-state index in [1.165, 1.54) is 16.3 Å². The van der Waals surface area contributed by atoms with Gasteiger partial charge >= 0.3 is 0 Å². The third-order valence-corrected chi connectivity index (χ3v) is 5.10. The van der Waals surface area contributed by atoms with Crippen LogP contribution in [-0.4, -0.2) is 18.2 Å². The van der Waals surface area contributed by atoms with Crippen molar-refractivity contribution in [2.45, 2.75) is 45.4 Å². The van der Waals surface area contributed by atoms with Crippen LogP contribution in [0.25, 0.3) is 10.8 Å². The molecular formula is C19H25NO. The summed E-state index contributed by atoms with van der Waals surface area (Å²) >= 11 is 0. The first-order valence-electron chi connectivity index (χ1n) is 7.95. The van der Waals surface area contributed by atoms with Crippen molar-refractivity contribution in [2.24, 2.45) is 17.6 Å². The molecule has 0 saturated carbocycles. The van der Waals surface area contributed by atoms with Gasteiger partial charge in [-0.05, 0) is 42.5 Å². The number of benzene rings is 2. The maximum Gasteiger partial charge on any atom is 0.0597 e. The highest BCUT2D eigenvalue weighted by atomic mass is 16.5. The second-order valence-corrected chi connectivity index (χ2v) is 6.53. The highest BCUT2D eigenvalue weighted by Crippen LogP contribution is 2.34. The summed E-state index contributed by atoms with van der Waals surface area (Å²) in [5, 5.41) is 2.58. The van der Waals surface area contributed by atoms with Crippen molar-refractivity contribution in [3.05, 3.63) is 48.0 Å². The Hall–Kier alpha value is -1.38. The second kappa shape index (κ2) is 5.78. The molecule has 2 heteroatoms. The van der Waals surface area contributed by atoms with E-state index in [1.54, 1.807) is 0 Å². The van der Waals surface area contributed by atoms with Gasteiger partial charge in [-0.15, -0.1) is 0 Å². The lowest BCUT2D eigenvalue weighted by molar-refractivity contribution is 0.0490. The van der Waals surface area contributed by atoms with E-state index in [-0.39, 0.29) is 12.1 Å². The molecule has 112 valence electrons. The normalized spacial score (nSPS) is 30.7. The van der Waals surface area contributed by atoms with Crippen LogP contribution in [0.3, 0.4) is 0 Å². The molecule has 3 rings (SSSR count). The molecular weight excluding hydrogens is 258 g/mol. The SMILES string of the molecule is CC1OC(C)C(C(N)Cc2ccc3ccccc3c2)C1C. The summed E-state index contributed by atoms with van der Waals surface area (Å²) in [4.78, 5) is 0. The van der Waals surface area contributed by atoms with Gasteiger partial charge in [0.15, 0.2) is 0 Å². The standard InChI is InChI=1S/C19H25NO/c1-12-13(2)21-14(3)19(12)18(20)11-15-8-9-16-6-4-5-7-17(16)10-15/h4-10,12-14,18-19H,11,20H2,1-3H3. The van der Waals surface area contributed by atoms with E-state index in [0.29, 0.717) is 17.9 Å². The van der Waals surface area contributed by atoms with Crippen LogP contribution in [0.1, 0.15) is 26.3 Å². The molecule has 2 N–H and O–H groups in total.